The van der Waals surface area contributed by atoms with Crippen molar-refractivity contribution >= 4 is 33.3 Å². The number of imidazole rings is 1. The predicted molar refractivity (Wildman–Crippen MR) is 79.8 cm³/mol. The van der Waals surface area contributed by atoms with Gasteiger partial charge in [-0.3, -0.25) is 0 Å². The van der Waals surface area contributed by atoms with Crippen LogP contribution in [-0.2, 0) is 13.1 Å². The summed E-state index contributed by atoms with van der Waals surface area (Å²) in [6, 6.07) is 2.13. The fraction of sp³-hybridized carbons (Fsp3) is 0.308. The van der Waals surface area contributed by atoms with Gasteiger partial charge in [-0.15, -0.1) is 11.3 Å². The summed E-state index contributed by atoms with van der Waals surface area (Å²) in [5.74, 6) is 2.32. The third-order valence-corrected chi connectivity index (χ3v) is 4.50. The van der Waals surface area contributed by atoms with Gasteiger partial charge in [0.2, 0.25) is 5.95 Å². The van der Waals surface area contributed by atoms with Gasteiger partial charge in [-0.2, -0.15) is 4.98 Å². The van der Waals surface area contributed by atoms with Crippen molar-refractivity contribution in [3.05, 3.63) is 29.2 Å². The summed E-state index contributed by atoms with van der Waals surface area (Å²) in [5, 5.41) is 1.08. The van der Waals surface area contributed by atoms with E-state index in [9.17, 15) is 0 Å². The lowest BCUT2D eigenvalue weighted by Gasteiger charge is -2.29. The molecule has 0 bridgehead atoms. The standard InChI is InChI=1S/C13H14N6S/c1-8-6-9-11(16-13(14)17-12(9)20-8)19-5-4-18-3-2-15-10(18)7-19/h2-3,6H,4-5,7H2,1H3,(H2,14,16,17). The maximum absolute atomic E-state index is 5.85. The molecule has 0 atom stereocenters. The summed E-state index contributed by atoms with van der Waals surface area (Å²) < 4.78 is 2.18. The first kappa shape index (κ1) is 11.7. The fourth-order valence-electron chi connectivity index (χ4n) is 2.64. The van der Waals surface area contributed by atoms with Crippen molar-refractivity contribution in [1.82, 2.24) is 19.5 Å². The third kappa shape index (κ3) is 1.74. The van der Waals surface area contributed by atoms with E-state index in [4.69, 9.17) is 5.73 Å². The van der Waals surface area contributed by atoms with Crippen molar-refractivity contribution in [3.63, 3.8) is 0 Å². The Hall–Kier alpha value is -2.15. The smallest absolute Gasteiger partial charge is 0.223 e. The van der Waals surface area contributed by atoms with E-state index < -0.39 is 0 Å². The summed E-state index contributed by atoms with van der Waals surface area (Å²) in [4.78, 5) is 17.6. The molecule has 6 nitrogen and oxygen atoms in total. The minimum atomic E-state index is 0.336. The van der Waals surface area contributed by atoms with E-state index in [1.54, 1.807) is 11.3 Å². The normalized spacial score (nSPS) is 14.8. The molecule has 4 rings (SSSR count). The van der Waals surface area contributed by atoms with Gasteiger partial charge in [0.05, 0.1) is 11.9 Å². The molecule has 0 aromatic carbocycles. The minimum Gasteiger partial charge on any atom is -0.368 e. The van der Waals surface area contributed by atoms with Crippen LogP contribution in [0.25, 0.3) is 10.2 Å². The molecule has 4 heterocycles. The highest BCUT2D eigenvalue weighted by Gasteiger charge is 2.21. The lowest BCUT2D eigenvalue weighted by molar-refractivity contribution is 0.557. The zero-order chi connectivity index (χ0) is 13.7. The van der Waals surface area contributed by atoms with Crippen LogP contribution in [0.2, 0.25) is 0 Å². The van der Waals surface area contributed by atoms with Gasteiger partial charge in [0.1, 0.15) is 16.5 Å². The lowest BCUT2D eigenvalue weighted by Crippen LogP contribution is -2.34. The molecule has 0 unspecified atom stereocenters. The maximum Gasteiger partial charge on any atom is 0.223 e. The molecule has 0 saturated heterocycles. The number of hydrogen-bond acceptors (Lipinski definition) is 6. The Morgan fingerprint density at radius 1 is 1.30 bits per heavy atom. The minimum absolute atomic E-state index is 0.336. The first-order valence-corrected chi connectivity index (χ1v) is 7.31. The monoisotopic (exact) mass is 286 g/mol. The molecule has 3 aromatic heterocycles. The van der Waals surface area contributed by atoms with Crippen molar-refractivity contribution in [3.8, 4) is 0 Å². The average Bonchev–Trinajstić information content (AvgIpc) is 3.01. The second kappa shape index (κ2) is 4.17. The molecule has 3 aromatic rings. The number of nitrogens with zero attached hydrogens (tertiary/aromatic N) is 5. The SMILES string of the molecule is Cc1cc2c(N3CCn4ccnc4C3)nc(N)nc2s1. The molecular weight excluding hydrogens is 272 g/mol. The molecule has 0 fully saturated rings. The van der Waals surface area contributed by atoms with E-state index in [2.05, 4.69) is 37.4 Å². The van der Waals surface area contributed by atoms with Crippen LogP contribution in [-0.4, -0.2) is 26.1 Å². The van der Waals surface area contributed by atoms with Gasteiger partial charge >= 0.3 is 0 Å². The number of fused-ring (bicyclic) bond motifs is 2. The molecule has 0 spiro atoms. The zero-order valence-electron chi connectivity index (χ0n) is 11.1. The predicted octanol–water partition coefficient (Wildman–Crippen LogP) is 1.80. The highest BCUT2D eigenvalue weighted by Crippen LogP contribution is 2.32. The fourth-order valence-corrected chi connectivity index (χ4v) is 3.52. The van der Waals surface area contributed by atoms with Crippen molar-refractivity contribution in [2.75, 3.05) is 17.2 Å². The number of nitrogen functional groups attached to an aromatic ring is 1. The van der Waals surface area contributed by atoms with Crippen LogP contribution in [0.3, 0.4) is 0 Å². The average molecular weight is 286 g/mol. The number of nitrogens with two attached hydrogens (primary N) is 1. The van der Waals surface area contributed by atoms with Crippen molar-refractivity contribution in [2.45, 2.75) is 20.0 Å². The molecule has 20 heavy (non-hydrogen) atoms. The molecule has 2 N–H and O–H groups in total. The molecule has 7 heteroatoms. The topological polar surface area (TPSA) is 72.9 Å². The summed E-state index contributed by atoms with van der Waals surface area (Å²) in [6.45, 7) is 4.66. The molecule has 1 aliphatic rings. The highest BCUT2D eigenvalue weighted by molar-refractivity contribution is 7.18. The number of anilines is 2. The Morgan fingerprint density at radius 2 is 2.20 bits per heavy atom. The van der Waals surface area contributed by atoms with Gasteiger partial charge in [-0.1, -0.05) is 0 Å². The van der Waals surface area contributed by atoms with E-state index in [0.29, 0.717) is 5.95 Å². The van der Waals surface area contributed by atoms with Gasteiger partial charge in [0, 0.05) is 30.4 Å². The molecule has 0 saturated carbocycles. The Bertz CT molecular complexity index is 789. The van der Waals surface area contributed by atoms with Crippen molar-refractivity contribution < 1.29 is 0 Å². The van der Waals surface area contributed by atoms with E-state index in [-0.39, 0.29) is 0 Å². The van der Waals surface area contributed by atoms with Crippen LogP contribution in [0.5, 0.6) is 0 Å². The number of hydrogen-bond donors (Lipinski definition) is 1. The van der Waals surface area contributed by atoms with Gasteiger partial charge in [-0.25, -0.2) is 9.97 Å². The first-order valence-electron chi connectivity index (χ1n) is 6.49. The summed E-state index contributed by atoms with van der Waals surface area (Å²) >= 11 is 1.65. The van der Waals surface area contributed by atoms with Crippen molar-refractivity contribution in [2.24, 2.45) is 0 Å². The summed E-state index contributed by atoms with van der Waals surface area (Å²) in [7, 11) is 0. The van der Waals surface area contributed by atoms with E-state index in [1.165, 1.54) is 4.88 Å². The maximum atomic E-state index is 5.85. The molecule has 1 aliphatic heterocycles. The summed E-state index contributed by atoms with van der Waals surface area (Å²) in [6.07, 6.45) is 3.86. The Kier molecular flexibility index (Phi) is 2.43. The molecule has 0 aliphatic carbocycles. The van der Waals surface area contributed by atoms with Gasteiger partial charge < -0.3 is 15.2 Å². The van der Waals surface area contributed by atoms with Crippen LogP contribution in [0.15, 0.2) is 18.5 Å². The Labute approximate surface area is 119 Å². The third-order valence-electron chi connectivity index (χ3n) is 3.56. The van der Waals surface area contributed by atoms with Crippen LogP contribution >= 0.6 is 11.3 Å². The number of thiophene rings is 1. The zero-order valence-corrected chi connectivity index (χ0v) is 11.9. The van der Waals surface area contributed by atoms with E-state index in [1.807, 2.05) is 12.4 Å². The Morgan fingerprint density at radius 3 is 3.10 bits per heavy atom. The highest BCUT2D eigenvalue weighted by atomic mass is 32.1. The number of aromatic nitrogens is 4. The quantitative estimate of drug-likeness (QED) is 0.738. The molecule has 0 amide bonds. The molecular formula is C13H14N6S. The largest absolute Gasteiger partial charge is 0.368 e. The van der Waals surface area contributed by atoms with Crippen LogP contribution < -0.4 is 10.6 Å². The summed E-state index contributed by atoms with van der Waals surface area (Å²) in [5.41, 5.74) is 5.85. The number of aryl methyl sites for hydroxylation is 1. The Balaban J connectivity index is 1.82. The van der Waals surface area contributed by atoms with E-state index in [0.717, 1.165) is 41.5 Å². The van der Waals surface area contributed by atoms with Crippen LogP contribution in [0, 0.1) is 6.92 Å². The van der Waals surface area contributed by atoms with Crippen molar-refractivity contribution in [1.29, 1.82) is 0 Å². The van der Waals surface area contributed by atoms with Crippen LogP contribution in [0.4, 0.5) is 11.8 Å². The second-order valence-electron chi connectivity index (χ2n) is 4.94. The van der Waals surface area contributed by atoms with Gasteiger partial charge in [0.25, 0.3) is 0 Å². The molecule has 0 radical (unpaired) electrons. The van der Waals surface area contributed by atoms with E-state index >= 15 is 0 Å². The van der Waals surface area contributed by atoms with Gasteiger partial charge in [0.15, 0.2) is 0 Å². The van der Waals surface area contributed by atoms with Gasteiger partial charge in [-0.05, 0) is 13.0 Å². The first-order chi connectivity index (χ1) is 9.70. The lowest BCUT2D eigenvalue weighted by atomic mass is 10.3. The molecule has 102 valence electrons. The van der Waals surface area contributed by atoms with Crippen LogP contribution in [0.1, 0.15) is 10.7 Å². The second-order valence-corrected chi connectivity index (χ2v) is 6.17. The number of rotatable bonds is 1.